The first kappa shape index (κ1) is 15.2. The molecule has 4 aromatic carbocycles. The van der Waals surface area contributed by atoms with Gasteiger partial charge in [0.15, 0.2) is 5.78 Å². The standard InChI is InChI=1S/C26H20O/c27-23-15-19-12-11-18-10-9-16-5-1-3-7-20(16)24(18)25(19)26-21-8-4-2-6-17(21)13-14-22(23)26/h1-10,13-14,19,25H,11-12,15H2. The number of fused-ring (bicyclic) bond motifs is 9. The number of benzene rings is 4. The van der Waals surface area contributed by atoms with E-state index in [-0.39, 0.29) is 0 Å². The topological polar surface area (TPSA) is 17.1 Å². The van der Waals surface area contributed by atoms with Crippen molar-refractivity contribution in [3.05, 3.63) is 95.1 Å². The molecule has 1 heteroatoms. The molecule has 0 fully saturated rings. The first-order valence-electron chi connectivity index (χ1n) is 9.86. The third-order valence-corrected chi connectivity index (χ3v) is 6.66. The normalized spacial score (nSPS) is 21.0. The van der Waals surface area contributed by atoms with E-state index >= 15 is 0 Å². The summed E-state index contributed by atoms with van der Waals surface area (Å²) in [4.78, 5) is 13.0. The van der Waals surface area contributed by atoms with Crippen LogP contribution in [0.5, 0.6) is 0 Å². The molecule has 0 spiro atoms. The molecule has 1 nitrogen and oxygen atoms in total. The van der Waals surface area contributed by atoms with Crippen molar-refractivity contribution in [1.82, 2.24) is 0 Å². The second kappa shape index (κ2) is 5.53. The quantitative estimate of drug-likeness (QED) is 0.366. The molecule has 0 saturated heterocycles. The third kappa shape index (κ3) is 2.09. The minimum absolute atomic E-state index is 0.318. The molecule has 0 heterocycles. The smallest absolute Gasteiger partial charge is 0.163 e. The average molecular weight is 348 g/mol. The fourth-order valence-electron chi connectivity index (χ4n) is 5.49. The summed E-state index contributed by atoms with van der Waals surface area (Å²) in [6.07, 6.45) is 2.86. The summed E-state index contributed by atoms with van der Waals surface area (Å²) in [6.45, 7) is 0. The van der Waals surface area contributed by atoms with Crippen LogP contribution in [0.2, 0.25) is 0 Å². The van der Waals surface area contributed by atoms with Crippen LogP contribution in [0.4, 0.5) is 0 Å². The number of Topliss-reactive ketones (excluding diaryl/α,β-unsaturated/α-hetero) is 1. The summed E-state index contributed by atoms with van der Waals surface area (Å²) >= 11 is 0. The molecule has 6 rings (SSSR count). The van der Waals surface area contributed by atoms with Crippen molar-refractivity contribution in [3.63, 3.8) is 0 Å². The van der Waals surface area contributed by atoms with Gasteiger partial charge in [0.25, 0.3) is 0 Å². The fourth-order valence-corrected chi connectivity index (χ4v) is 5.49. The molecule has 0 amide bonds. The lowest BCUT2D eigenvalue weighted by atomic mass is 9.63. The van der Waals surface area contributed by atoms with Crippen molar-refractivity contribution >= 4 is 27.3 Å². The summed E-state index contributed by atoms with van der Waals surface area (Å²) in [5.41, 5.74) is 5.14. The Morgan fingerprint density at radius 3 is 2.15 bits per heavy atom. The molecule has 130 valence electrons. The minimum Gasteiger partial charge on any atom is -0.294 e. The maximum absolute atomic E-state index is 13.0. The van der Waals surface area contributed by atoms with Crippen LogP contribution in [0.3, 0.4) is 0 Å². The number of rotatable bonds is 0. The van der Waals surface area contributed by atoms with E-state index in [9.17, 15) is 4.79 Å². The zero-order chi connectivity index (χ0) is 18.0. The van der Waals surface area contributed by atoms with Crippen LogP contribution < -0.4 is 0 Å². The summed E-state index contributed by atoms with van der Waals surface area (Å²) in [5, 5.41) is 5.14. The number of carbonyl (C=O) groups is 1. The highest BCUT2D eigenvalue weighted by atomic mass is 16.1. The Morgan fingerprint density at radius 2 is 1.37 bits per heavy atom. The van der Waals surface area contributed by atoms with Crippen molar-refractivity contribution in [2.75, 3.05) is 0 Å². The van der Waals surface area contributed by atoms with Gasteiger partial charge in [-0.1, -0.05) is 72.8 Å². The summed E-state index contributed by atoms with van der Waals surface area (Å²) in [7, 11) is 0. The lowest BCUT2D eigenvalue weighted by Crippen LogP contribution is -2.30. The second-order valence-electron chi connectivity index (χ2n) is 8.01. The monoisotopic (exact) mass is 348 g/mol. The first-order valence-corrected chi connectivity index (χ1v) is 9.86. The lowest BCUT2D eigenvalue weighted by Gasteiger charge is -2.39. The molecule has 0 aromatic heterocycles. The van der Waals surface area contributed by atoms with Gasteiger partial charge in [-0.25, -0.2) is 0 Å². The van der Waals surface area contributed by atoms with Crippen molar-refractivity contribution < 1.29 is 4.79 Å². The summed E-state index contributed by atoms with van der Waals surface area (Å²) in [5.74, 6) is 1.05. The second-order valence-corrected chi connectivity index (χ2v) is 8.01. The Bertz CT molecular complexity index is 1230. The molecular formula is C26H20O. The maximum Gasteiger partial charge on any atom is 0.163 e. The predicted molar refractivity (Wildman–Crippen MR) is 110 cm³/mol. The van der Waals surface area contributed by atoms with Gasteiger partial charge in [0.1, 0.15) is 0 Å². The van der Waals surface area contributed by atoms with Crippen LogP contribution in [0.15, 0.2) is 72.8 Å². The highest BCUT2D eigenvalue weighted by molar-refractivity contribution is 6.05. The van der Waals surface area contributed by atoms with Gasteiger partial charge in [0, 0.05) is 17.9 Å². The van der Waals surface area contributed by atoms with Gasteiger partial charge in [0.05, 0.1) is 0 Å². The third-order valence-electron chi connectivity index (χ3n) is 6.66. The first-order chi connectivity index (χ1) is 13.3. The van der Waals surface area contributed by atoms with Gasteiger partial charge in [-0.3, -0.25) is 4.79 Å². The molecule has 2 atom stereocenters. The molecule has 27 heavy (non-hydrogen) atoms. The van der Waals surface area contributed by atoms with Gasteiger partial charge in [-0.15, -0.1) is 0 Å². The van der Waals surface area contributed by atoms with Gasteiger partial charge in [-0.2, -0.15) is 0 Å². The predicted octanol–water partition coefficient (Wildman–Crippen LogP) is 6.27. The molecule has 0 bridgehead atoms. The van der Waals surface area contributed by atoms with Crippen LogP contribution in [-0.2, 0) is 6.42 Å². The Kier molecular flexibility index (Phi) is 3.11. The molecular weight excluding hydrogens is 328 g/mol. The summed E-state index contributed by atoms with van der Waals surface area (Å²) < 4.78 is 0. The zero-order valence-electron chi connectivity index (χ0n) is 15.1. The van der Waals surface area contributed by atoms with Crippen molar-refractivity contribution in [1.29, 1.82) is 0 Å². The molecule has 2 aliphatic rings. The van der Waals surface area contributed by atoms with E-state index in [4.69, 9.17) is 0 Å². The molecule has 2 aliphatic carbocycles. The van der Waals surface area contributed by atoms with Gasteiger partial charge < -0.3 is 0 Å². The van der Waals surface area contributed by atoms with E-state index < -0.39 is 0 Å². The van der Waals surface area contributed by atoms with E-state index in [2.05, 4.69) is 72.8 Å². The van der Waals surface area contributed by atoms with E-state index in [0.717, 1.165) is 18.4 Å². The largest absolute Gasteiger partial charge is 0.294 e. The number of hydrogen-bond acceptors (Lipinski definition) is 1. The number of aryl methyl sites for hydroxylation is 1. The van der Waals surface area contributed by atoms with E-state index in [0.29, 0.717) is 24.0 Å². The number of ketones is 1. The Balaban J connectivity index is 1.75. The highest BCUT2D eigenvalue weighted by Crippen LogP contribution is 2.51. The summed E-state index contributed by atoms with van der Waals surface area (Å²) in [6, 6.07) is 26.0. The molecule has 4 aromatic rings. The van der Waals surface area contributed by atoms with Gasteiger partial charge in [0.2, 0.25) is 0 Å². The van der Waals surface area contributed by atoms with Crippen molar-refractivity contribution in [2.24, 2.45) is 5.92 Å². The molecule has 2 unspecified atom stereocenters. The molecule has 0 radical (unpaired) electrons. The van der Waals surface area contributed by atoms with Gasteiger partial charge in [-0.05, 0) is 57.0 Å². The van der Waals surface area contributed by atoms with Crippen LogP contribution in [0.1, 0.15) is 45.8 Å². The SMILES string of the molecule is O=C1CC2CCc3ccc4ccccc4c3C2c2c1ccc1ccccc21. The Hall–Kier alpha value is -2.93. The average Bonchev–Trinajstić information content (AvgIpc) is 2.73. The molecule has 0 saturated carbocycles. The van der Waals surface area contributed by atoms with Crippen LogP contribution >= 0.6 is 0 Å². The van der Waals surface area contributed by atoms with E-state index in [1.807, 2.05) is 0 Å². The van der Waals surface area contributed by atoms with Crippen LogP contribution in [0, 0.1) is 5.92 Å². The Labute approximate surface area is 158 Å². The van der Waals surface area contributed by atoms with Crippen molar-refractivity contribution in [2.45, 2.75) is 25.2 Å². The van der Waals surface area contributed by atoms with Crippen molar-refractivity contribution in [3.8, 4) is 0 Å². The number of hydrogen-bond donors (Lipinski definition) is 0. The zero-order valence-corrected chi connectivity index (χ0v) is 15.1. The molecule has 0 aliphatic heterocycles. The van der Waals surface area contributed by atoms with Crippen LogP contribution in [0.25, 0.3) is 21.5 Å². The lowest BCUT2D eigenvalue weighted by molar-refractivity contribution is 0.0937. The minimum atomic E-state index is 0.318. The van der Waals surface area contributed by atoms with E-state index in [1.54, 1.807) is 0 Å². The Morgan fingerprint density at radius 1 is 0.704 bits per heavy atom. The van der Waals surface area contributed by atoms with Crippen LogP contribution in [-0.4, -0.2) is 5.78 Å². The molecule has 0 N–H and O–H groups in total. The maximum atomic E-state index is 13.0. The van der Waals surface area contributed by atoms with Gasteiger partial charge >= 0.3 is 0 Å². The highest BCUT2D eigenvalue weighted by Gasteiger charge is 2.40. The fraction of sp³-hybridized carbons (Fsp3) is 0.192. The number of carbonyl (C=O) groups excluding carboxylic acids is 1. The van der Waals surface area contributed by atoms with E-state index in [1.165, 1.54) is 38.2 Å².